The fourth-order valence-corrected chi connectivity index (χ4v) is 4.97. The molecule has 2 aromatic carbocycles. The van der Waals surface area contributed by atoms with Crippen LogP contribution in [0.5, 0.6) is 5.75 Å². The number of ether oxygens (including phenoxy) is 1. The standard InChI is InChI=1S/C27H36ClFO/c1-3-5-6-7-20-8-13-22(14-9-20)23-15-10-21(11-16-23)12-17-24-18-19-25(30-4-2)26(28)27(24)29/h10-11,15-16,18-20,22H,3-9,12-14,17H2,1-2H3. The normalized spacial score (nSPS) is 19.1. The number of hydrogen-bond acceptors (Lipinski definition) is 1. The molecule has 1 fully saturated rings. The van der Waals surface area contributed by atoms with Crippen molar-refractivity contribution < 1.29 is 9.13 Å². The quantitative estimate of drug-likeness (QED) is 0.343. The van der Waals surface area contributed by atoms with Crippen molar-refractivity contribution in [1.29, 1.82) is 0 Å². The SMILES string of the molecule is CCCCCC1CCC(c2ccc(CCc3ccc(OCC)c(Cl)c3F)cc2)CC1. The highest BCUT2D eigenvalue weighted by atomic mass is 35.5. The maximum atomic E-state index is 14.5. The monoisotopic (exact) mass is 430 g/mol. The third-order valence-corrected chi connectivity index (χ3v) is 6.98. The van der Waals surface area contributed by atoms with Crippen molar-refractivity contribution >= 4 is 11.6 Å². The first kappa shape index (κ1) is 23.1. The van der Waals surface area contributed by atoms with E-state index in [1.54, 1.807) is 12.1 Å². The van der Waals surface area contributed by atoms with Crippen molar-refractivity contribution in [1.82, 2.24) is 0 Å². The number of aryl methyl sites for hydroxylation is 2. The predicted molar refractivity (Wildman–Crippen MR) is 125 cm³/mol. The maximum Gasteiger partial charge on any atom is 0.148 e. The van der Waals surface area contributed by atoms with Crippen molar-refractivity contribution in [3.63, 3.8) is 0 Å². The lowest BCUT2D eigenvalue weighted by molar-refractivity contribution is 0.303. The first-order chi connectivity index (χ1) is 14.6. The molecule has 0 aliphatic heterocycles. The summed E-state index contributed by atoms with van der Waals surface area (Å²) in [5, 5.41) is 0.0926. The summed E-state index contributed by atoms with van der Waals surface area (Å²) in [6.07, 6.45) is 12.4. The van der Waals surface area contributed by atoms with Crippen LogP contribution in [0.4, 0.5) is 4.39 Å². The summed E-state index contributed by atoms with van der Waals surface area (Å²) in [6.45, 7) is 4.63. The molecule has 0 bridgehead atoms. The van der Waals surface area contributed by atoms with Crippen LogP contribution < -0.4 is 4.74 Å². The number of rotatable bonds is 10. The van der Waals surface area contributed by atoms with Crippen LogP contribution in [0.3, 0.4) is 0 Å². The van der Waals surface area contributed by atoms with Gasteiger partial charge in [-0.2, -0.15) is 0 Å². The van der Waals surface area contributed by atoms with Gasteiger partial charge in [0.15, 0.2) is 0 Å². The van der Waals surface area contributed by atoms with E-state index in [2.05, 4.69) is 31.2 Å². The molecule has 3 heteroatoms. The van der Waals surface area contributed by atoms with E-state index in [1.165, 1.54) is 62.5 Å². The minimum atomic E-state index is -0.352. The summed E-state index contributed by atoms with van der Waals surface area (Å²) in [6, 6.07) is 12.6. The molecule has 1 aliphatic carbocycles. The van der Waals surface area contributed by atoms with Crippen molar-refractivity contribution in [3.8, 4) is 5.75 Å². The van der Waals surface area contributed by atoms with E-state index in [4.69, 9.17) is 16.3 Å². The van der Waals surface area contributed by atoms with Gasteiger partial charge in [-0.15, -0.1) is 0 Å². The number of halogens is 2. The Kier molecular flexibility index (Phi) is 9.05. The van der Waals surface area contributed by atoms with Gasteiger partial charge in [0.25, 0.3) is 0 Å². The summed E-state index contributed by atoms with van der Waals surface area (Å²) in [5.74, 6) is 1.73. The molecule has 0 radical (unpaired) electrons. The van der Waals surface area contributed by atoms with E-state index in [-0.39, 0.29) is 10.8 Å². The second kappa shape index (κ2) is 11.7. The van der Waals surface area contributed by atoms with Crippen molar-refractivity contribution in [2.45, 2.75) is 84.0 Å². The molecule has 3 rings (SSSR count). The first-order valence-electron chi connectivity index (χ1n) is 11.8. The molecule has 0 aromatic heterocycles. The third-order valence-electron chi connectivity index (χ3n) is 6.62. The Morgan fingerprint density at radius 1 is 0.933 bits per heavy atom. The number of benzene rings is 2. The lowest BCUT2D eigenvalue weighted by Gasteiger charge is -2.29. The van der Waals surface area contributed by atoms with Crippen LogP contribution >= 0.6 is 11.6 Å². The minimum Gasteiger partial charge on any atom is -0.492 e. The van der Waals surface area contributed by atoms with Gasteiger partial charge in [-0.05, 0) is 80.0 Å². The summed E-state index contributed by atoms with van der Waals surface area (Å²) in [7, 11) is 0. The molecule has 0 unspecified atom stereocenters. The second-order valence-electron chi connectivity index (χ2n) is 8.74. The van der Waals surface area contributed by atoms with E-state index in [0.29, 0.717) is 30.3 Å². The summed E-state index contributed by atoms with van der Waals surface area (Å²) in [4.78, 5) is 0. The fraction of sp³-hybridized carbons (Fsp3) is 0.556. The zero-order valence-corrected chi connectivity index (χ0v) is 19.3. The van der Waals surface area contributed by atoms with Gasteiger partial charge in [-0.1, -0.05) is 74.5 Å². The van der Waals surface area contributed by atoms with E-state index in [9.17, 15) is 4.39 Å². The van der Waals surface area contributed by atoms with Crippen LogP contribution in [0.15, 0.2) is 36.4 Å². The van der Waals surface area contributed by atoms with Crippen LogP contribution in [-0.4, -0.2) is 6.61 Å². The van der Waals surface area contributed by atoms with Crippen LogP contribution in [0.1, 0.15) is 87.8 Å². The molecule has 1 nitrogen and oxygen atoms in total. The summed E-state index contributed by atoms with van der Waals surface area (Å²) >= 11 is 6.11. The van der Waals surface area contributed by atoms with Gasteiger partial charge in [-0.3, -0.25) is 0 Å². The Bertz CT molecular complexity index is 778. The number of hydrogen-bond donors (Lipinski definition) is 0. The highest BCUT2D eigenvalue weighted by Gasteiger charge is 2.22. The third kappa shape index (κ3) is 6.23. The van der Waals surface area contributed by atoms with E-state index >= 15 is 0 Å². The molecular weight excluding hydrogens is 395 g/mol. The first-order valence-corrected chi connectivity index (χ1v) is 12.2. The number of unbranched alkanes of at least 4 members (excludes halogenated alkanes) is 2. The van der Waals surface area contributed by atoms with Crippen LogP contribution in [0.2, 0.25) is 5.02 Å². The molecule has 1 aliphatic rings. The van der Waals surface area contributed by atoms with E-state index < -0.39 is 0 Å². The molecule has 0 atom stereocenters. The molecule has 30 heavy (non-hydrogen) atoms. The molecule has 1 saturated carbocycles. The van der Waals surface area contributed by atoms with Gasteiger partial charge in [0.2, 0.25) is 0 Å². The Morgan fingerprint density at radius 2 is 1.67 bits per heavy atom. The average Bonchev–Trinajstić information content (AvgIpc) is 2.78. The predicted octanol–water partition coefficient (Wildman–Crippen LogP) is 8.52. The van der Waals surface area contributed by atoms with Crippen molar-refractivity contribution in [2.75, 3.05) is 6.61 Å². The Balaban J connectivity index is 1.50. The average molecular weight is 431 g/mol. The largest absolute Gasteiger partial charge is 0.492 e. The summed E-state index contributed by atoms with van der Waals surface area (Å²) < 4.78 is 19.9. The lowest BCUT2D eigenvalue weighted by atomic mass is 9.77. The zero-order chi connectivity index (χ0) is 21.3. The molecule has 2 aromatic rings. The molecule has 0 spiro atoms. The van der Waals surface area contributed by atoms with Crippen LogP contribution in [0.25, 0.3) is 0 Å². The van der Waals surface area contributed by atoms with Gasteiger partial charge in [0.1, 0.15) is 16.6 Å². The van der Waals surface area contributed by atoms with Gasteiger partial charge in [-0.25, -0.2) is 4.39 Å². The van der Waals surface area contributed by atoms with Gasteiger partial charge < -0.3 is 4.74 Å². The highest BCUT2D eigenvalue weighted by Crippen LogP contribution is 2.38. The molecule has 0 N–H and O–H groups in total. The maximum absolute atomic E-state index is 14.5. The summed E-state index contributed by atoms with van der Waals surface area (Å²) in [5.41, 5.74) is 3.37. The van der Waals surface area contributed by atoms with E-state index in [1.807, 2.05) is 6.92 Å². The van der Waals surface area contributed by atoms with Crippen LogP contribution in [-0.2, 0) is 12.8 Å². The Hall–Kier alpha value is -1.54. The van der Waals surface area contributed by atoms with Gasteiger partial charge in [0.05, 0.1) is 6.61 Å². The molecule has 0 saturated heterocycles. The topological polar surface area (TPSA) is 9.23 Å². The van der Waals surface area contributed by atoms with Gasteiger partial charge >= 0.3 is 0 Å². The fourth-order valence-electron chi connectivity index (χ4n) is 4.73. The van der Waals surface area contributed by atoms with Gasteiger partial charge in [0, 0.05) is 0 Å². The lowest BCUT2D eigenvalue weighted by Crippen LogP contribution is -2.13. The smallest absolute Gasteiger partial charge is 0.148 e. The van der Waals surface area contributed by atoms with Crippen LogP contribution in [0, 0.1) is 11.7 Å². The molecule has 164 valence electrons. The van der Waals surface area contributed by atoms with Crippen molar-refractivity contribution in [2.24, 2.45) is 5.92 Å². The molecule has 0 amide bonds. The Labute approximate surface area is 187 Å². The van der Waals surface area contributed by atoms with E-state index in [0.717, 1.165) is 12.3 Å². The molecule has 0 heterocycles. The highest BCUT2D eigenvalue weighted by molar-refractivity contribution is 6.32. The zero-order valence-electron chi connectivity index (χ0n) is 18.6. The van der Waals surface area contributed by atoms with Crippen molar-refractivity contribution in [3.05, 3.63) is 63.9 Å². The Morgan fingerprint density at radius 3 is 2.33 bits per heavy atom. The second-order valence-corrected chi connectivity index (χ2v) is 9.12. The minimum absolute atomic E-state index is 0.0926. The molecular formula is C27H36ClFO.